The molecule has 2 unspecified atom stereocenters. The van der Waals surface area contributed by atoms with E-state index in [1.165, 1.54) is 0 Å². The van der Waals surface area contributed by atoms with Crippen LogP contribution in [-0.4, -0.2) is 28.9 Å². The minimum Gasteiger partial charge on any atom is -0.458 e. The molecule has 0 N–H and O–H groups in total. The van der Waals surface area contributed by atoms with Gasteiger partial charge in [0.25, 0.3) is 0 Å². The zero-order chi connectivity index (χ0) is 20.1. The van der Waals surface area contributed by atoms with E-state index in [4.69, 9.17) is 14.2 Å². The Bertz CT molecular complexity index is 592. The molecule has 4 bridgehead atoms. The monoisotopic (exact) mass is 380 g/mol. The summed E-state index contributed by atoms with van der Waals surface area (Å²) < 4.78 is 17.7. The third-order valence-corrected chi connectivity index (χ3v) is 7.21. The molecule has 5 nitrogen and oxygen atoms in total. The Morgan fingerprint density at radius 3 is 1.89 bits per heavy atom. The van der Waals surface area contributed by atoms with Crippen molar-refractivity contribution in [1.82, 2.24) is 0 Å². The van der Waals surface area contributed by atoms with E-state index in [0.717, 1.165) is 44.9 Å². The van der Waals surface area contributed by atoms with E-state index >= 15 is 0 Å². The van der Waals surface area contributed by atoms with Gasteiger partial charge < -0.3 is 14.2 Å². The first kappa shape index (κ1) is 20.5. The molecule has 0 aromatic rings. The average molecular weight is 381 g/mol. The number of carbonyl (C=O) groups is 2. The average Bonchev–Trinajstić information content (AvgIpc) is 2.51. The second kappa shape index (κ2) is 6.66. The maximum atomic E-state index is 12.8. The highest BCUT2D eigenvalue weighted by Gasteiger charge is 2.62. The van der Waals surface area contributed by atoms with Crippen molar-refractivity contribution in [3.8, 4) is 0 Å². The van der Waals surface area contributed by atoms with Crippen molar-refractivity contribution >= 4 is 12.1 Å². The maximum Gasteiger partial charge on any atom is 0.509 e. The van der Waals surface area contributed by atoms with E-state index < -0.39 is 28.4 Å². The highest BCUT2D eigenvalue weighted by atomic mass is 16.7. The highest BCUT2D eigenvalue weighted by Crippen LogP contribution is 2.60. The van der Waals surface area contributed by atoms with Crippen LogP contribution >= 0.6 is 0 Å². The largest absolute Gasteiger partial charge is 0.509 e. The fraction of sp³-hybridized carbons (Fsp3) is 0.909. The molecule has 4 saturated carbocycles. The summed E-state index contributed by atoms with van der Waals surface area (Å²) in [5, 5.41) is 0. The first-order chi connectivity index (χ1) is 12.4. The van der Waals surface area contributed by atoms with Gasteiger partial charge in [-0.05, 0) is 84.5 Å². The summed E-state index contributed by atoms with van der Waals surface area (Å²) in [4.78, 5) is 25.3. The molecular weight excluding hydrogens is 344 g/mol. The number of carbonyl (C=O) groups excluding carboxylic acids is 2. The van der Waals surface area contributed by atoms with E-state index in [2.05, 4.69) is 0 Å². The lowest BCUT2D eigenvalue weighted by Gasteiger charge is -2.60. The Balaban J connectivity index is 1.75. The fourth-order valence-corrected chi connectivity index (χ4v) is 5.31. The molecule has 0 heterocycles. The summed E-state index contributed by atoms with van der Waals surface area (Å²) in [6.45, 7) is 11.7. The lowest BCUT2D eigenvalue weighted by atomic mass is 9.52. The van der Waals surface area contributed by atoms with Crippen LogP contribution in [0.15, 0.2) is 0 Å². The van der Waals surface area contributed by atoms with Crippen LogP contribution in [-0.2, 0) is 19.0 Å². The molecule has 0 saturated heterocycles. The van der Waals surface area contributed by atoms with Crippen LogP contribution in [0.2, 0.25) is 0 Å². The maximum absolute atomic E-state index is 12.8. The van der Waals surface area contributed by atoms with Gasteiger partial charge in [0.1, 0.15) is 16.8 Å². The zero-order valence-electron chi connectivity index (χ0n) is 17.9. The molecule has 27 heavy (non-hydrogen) atoms. The van der Waals surface area contributed by atoms with Gasteiger partial charge in [0.15, 0.2) is 0 Å². The summed E-state index contributed by atoms with van der Waals surface area (Å²) in [5.41, 5.74) is -2.04. The number of hydrogen-bond donors (Lipinski definition) is 0. The molecule has 4 fully saturated rings. The first-order valence-corrected chi connectivity index (χ1v) is 10.6. The molecule has 0 aromatic heterocycles. The molecular formula is C22H36O5. The van der Waals surface area contributed by atoms with Crippen molar-refractivity contribution in [1.29, 1.82) is 0 Å². The lowest BCUT2D eigenvalue weighted by molar-refractivity contribution is -0.230. The van der Waals surface area contributed by atoms with Crippen molar-refractivity contribution in [2.24, 2.45) is 17.3 Å². The summed E-state index contributed by atoms with van der Waals surface area (Å²) >= 11 is 0. The standard InChI is InChI=1S/C22H36O5/c1-7-19(3,4)17(23)25-21-10-15-9-16(11-21)13-22(12-15,14-21)27-18(24)26-20(5,6)8-2/h15-16H,7-14H2,1-6H3. The molecule has 5 heteroatoms. The molecule has 0 amide bonds. The van der Waals surface area contributed by atoms with Crippen LogP contribution in [0.25, 0.3) is 0 Å². The number of ether oxygens (including phenoxy) is 3. The molecule has 4 rings (SSSR count). The Labute approximate surface area is 163 Å². The third-order valence-electron chi connectivity index (χ3n) is 7.21. The second-order valence-electron chi connectivity index (χ2n) is 10.5. The summed E-state index contributed by atoms with van der Waals surface area (Å²) in [7, 11) is 0. The van der Waals surface area contributed by atoms with Crippen molar-refractivity contribution in [3.05, 3.63) is 0 Å². The molecule has 0 radical (unpaired) electrons. The van der Waals surface area contributed by atoms with Crippen LogP contribution in [0, 0.1) is 17.3 Å². The van der Waals surface area contributed by atoms with Gasteiger partial charge in [-0.3, -0.25) is 4.79 Å². The predicted molar refractivity (Wildman–Crippen MR) is 102 cm³/mol. The fourth-order valence-electron chi connectivity index (χ4n) is 5.31. The van der Waals surface area contributed by atoms with E-state index in [-0.39, 0.29) is 5.97 Å². The van der Waals surface area contributed by atoms with Gasteiger partial charge >= 0.3 is 12.1 Å². The normalized spacial score (nSPS) is 35.0. The molecule has 0 aliphatic heterocycles. The molecule has 2 atom stereocenters. The second-order valence-corrected chi connectivity index (χ2v) is 10.5. The molecule has 4 aliphatic carbocycles. The van der Waals surface area contributed by atoms with Crippen LogP contribution in [0.3, 0.4) is 0 Å². The van der Waals surface area contributed by atoms with Gasteiger partial charge in [0, 0.05) is 6.42 Å². The van der Waals surface area contributed by atoms with Crippen molar-refractivity contribution in [2.45, 2.75) is 110 Å². The topological polar surface area (TPSA) is 61.8 Å². The van der Waals surface area contributed by atoms with Gasteiger partial charge in [0.2, 0.25) is 0 Å². The predicted octanol–water partition coefficient (Wildman–Crippen LogP) is 5.40. The Hall–Kier alpha value is -1.26. The Morgan fingerprint density at radius 1 is 0.889 bits per heavy atom. The van der Waals surface area contributed by atoms with Gasteiger partial charge in [-0.25, -0.2) is 4.79 Å². The van der Waals surface area contributed by atoms with Gasteiger partial charge in [-0.15, -0.1) is 0 Å². The Kier molecular flexibility index (Phi) is 5.05. The molecule has 0 spiro atoms. The minimum atomic E-state index is -0.584. The van der Waals surface area contributed by atoms with E-state index in [1.54, 1.807) is 0 Å². The smallest absolute Gasteiger partial charge is 0.458 e. The summed E-state index contributed by atoms with van der Waals surface area (Å²) in [5.74, 6) is 0.781. The van der Waals surface area contributed by atoms with E-state index in [0.29, 0.717) is 18.3 Å². The van der Waals surface area contributed by atoms with Crippen molar-refractivity contribution in [2.75, 3.05) is 0 Å². The quantitative estimate of drug-likeness (QED) is 0.577. The zero-order valence-corrected chi connectivity index (χ0v) is 17.9. The minimum absolute atomic E-state index is 0.128. The van der Waals surface area contributed by atoms with E-state index in [1.807, 2.05) is 41.5 Å². The van der Waals surface area contributed by atoms with Crippen LogP contribution in [0.4, 0.5) is 4.79 Å². The van der Waals surface area contributed by atoms with Gasteiger partial charge in [-0.1, -0.05) is 13.8 Å². The molecule has 0 aromatic carbocycles. The summed E-state index contributed by atoms with van der Waals surface area (Å²) in [6.07, 6.45) is 6.17. The highest BCUT2D eigenvalue weighted by molar-refractivity contribution is 5.76. The molecule has 154 valence electrons. The summed E-state index contributed by atoms with van der Waals surface area (Å²) in [6, 6.07) is 0. The van der Waals surface area contributed by atoms with Gasteiger partial charge in [-0.2, -0.15) is 0 Å². The van der Waals surface area contributed by atoms with Crippen LogP contribution in [0.1, 0.15) is 92.9 Å². The third kappa shape index (κ3) is 4.12. The van der Waals surface area contributed by atoms with Crippen molar-refractivity contribution < 1.29 is 23.8 Å². The first-order valence-electron chi connectivity index (χ1n) is 10.6. The molecule has 4 aliphatic rings. The number of rotatable bonds is 6. The van der Waals surface area contributed by atoms with Gasteiger partial charge in [0.05, 0.1) is 5.41 Å². The number of esters is 1. The number of hydrogen-bond acceptors (Lipinski definition) is 5. The van der Waals surface area contributed by atoms with E-state index in [9.17, 15) is 9.59 Å². The lowest BCUT2D eigenvalue weighted by Crippen LogP contribution is -2.62. The van der Waals surface area contributed by atoms with Crippen LogP contribution < -0.4 is 0 Å². The van der Waals surface area contributed by atoms with Crippen LogP contribution in [0.5, 0.6) is 0 Å². The van der Waals surface area contributed by atoms with Crippen molar-refractivity contribution in [3.63, 3.8) is 0 Å². The SMILES string of the molecule is CCC(C)(C)OC(=O)OC12CC3CC(C1)CC(OC(=O)C(C)(C)CC)(C3)C2. The Morgan fingerprint density at radius 2 is 1.41 bits per heavy atom.